The molecule has 0 aliphatic heterocycles. The van der Waals surface area contributed by atoms with Crippen LogP contribution < -0.4 is 10.1 Å². The van der Waals surface area contributed by atoms with Crippen LogP contribution in [0.4, 0.5) is 0 Å². The Hall–Kier alpha value is -2.18. The monoisotopic (exact) mass is 476 g/mol. The number of amides is 2. The van der Waals surface area contributed by atoms with Gasteiger partial charge >= 0.3 is 0 Å². The lowest BCUT2D eigenvalue weighted by molar-refractivity contribution is -0.139. The van der Waals surface area contributed by atoms with Crippen molar-refractivity contribution in [1.82, 2.24) is 10.2 Å². The summed E-state index contributed by atoms with van der Waals surface area (Å²) in [6.07, 6.45) is 0.540. The first kappa shape index (κ1) is 26.1. The highest BCUT2D eigenvalue weighted by molar-refractivity contribution is 7.99. The van der Waals surface area contributed by atoms with E-state index in [1.54, 1.807) is 12.0 Å². The number of benzene rings is 2. The predicted octanol–water partition coefficient (Wildman–Crippen LogP) is 5.16. The van der Waals surface area contributed by atoms with Crippen LogP contribution >= 0.6 is 23.4 Å². The van der Waals surface area contributed by atoms with Crippen LogP contribution in [0.5, 0.6) is 5.75 Å². The Labute approximate surface area is 200 Å². The first-order valence-electron chi connectivity index (χ1n) is 10.9. The molecule has 1 N–H and O–H groups in total. The van der Waals surface area contributed by atoms with Gasteiger partial charge in [0.2, 0.25) is 11.8 Å². The van der Waals surface area contributed by atoms with Crippen LogP contribution in [0.25, 0.3) is 0 Å². The van der Waals surface area contributed by atoms with E-state index in [1.807, 2.05) is 69.3 Å². The van der Waals surface area contributed by atoms with Crippen molar-refractivity contribution in [2.75, 3.05) is 19.4 Å². The number of methoxy groups -OCH3 is 1. The number of halogens is 1. The average Bonchev–Trinajstić information content (AvgIpc) is 2.77. The van der Waals surface area contributed by atoms with Crippen molar-refractivity contribution in [3.8, 4) is 5.75 Å². The van der Waals surface area contributed by atoms with E-state index in [2.05, 4.69) is 5.32 Å². The highest BCUT2D eigenvalue weighted by Crippen LogP contribution is 2.20. The molecule has 2 aromatic rings. The average molecular weight is 477 g/mol. The van der Waals surface area contributed by atoms with E-state index in [1.165, 1.54) is 11.8 Å². The molecule has 2 amide bonds. The molecule has 0 aromatic heterocycles. The highest BCUT2D eigenvalue weighted by Gasteiger charge is 2.28. The SMILES string of the molecule is CC[C@H](C(=O)NCC(C)C)N(Cc1cccc(OC)c1)C(=O)CSCc1cccc(Cl)c1. The molecule has 0 saturated heterocycles. The molecule has 2 aromatic carbocycles. The number of nitrogens with zero attached hydrogens (tertiary/aromatic N) is 1. The van der Waals surface area contributed by atoms with Crippen molar-refractivity contribution in [2.24, 2.45) is 5.92 Å². The number of nitrogens with one attached hydrogen (secondary N) is 1. The third kappa shape index (κ3) is 8.40. The fourth-order valence-corrected chi connectivity index (χ4v) is 4.35. The quantitative estimate of drug-likeness (QED) is 0.459. The van der Waals surface area contributed by atoms with Gasteiger partial charge in [0.15, 0.2) is 0 Å². The van der Waals surface area contributed by atoms with Crippen LogP contribution in [-0.2, 0) is 21.9 Å². The summed E-state index contributed by atoms with van der Waals surface area (Å²) in [7, 11) is 1.61. The molecule has 0 spiro atoms. The Morgan fingerprint density at radius 3 is 2.50 bits per heavy atom. The lowest BCUT2D eigenvalue weighted by Crippen LogP contribution is -2.50. The van der Waals surface area contributed by atoms with Gasteiger partial charge in [0.05, 0.1) is 12.9 Å². The molecule has 174 valence electrons. The van der Waals surface area contributed by atoms with Gasteiger partial charge in [0.1, 0.15) is 11.8 Å². The summed E-state index contributed by atoms with van der Waals surface area (Å²) >= 11 is 7.58. The molecular formula is C25H33ClN2O3S. The lowest BCUT2D eigenvalue weighted by atomic mass is 10.1. The fraction of sp³-hybridized carbons (Fsp3) is 0.440. The fourth-order valence-electron chi connectivity index (χ4n) is 3.28. The zero-order valence-electron chi connectivity index (χ0n) is 19.3. The second kappa shape index (κ2) is 13.4. The molecule has 0 unspecified atom stereocenters. The molecule has 7 heteroatoms. The number of hydrogen-bond acceptors (Lipinski definition) is 4. The summed E-state index contributed by atoms with van der Waals surface area (Å²) in [5.41, 5.74) is 1.99. The zero-order valence-corrected chi connectivity index (χ0v) is 20.8. The molecule has 2 rings (SSSR count). The van der Waals surface area contributed by atoms with Crippen molar-refractivity contribution in [2.45, 2.75) is 45.5 Å². The van der Waals surface area contributed by atoms with Crippen molar-refractivity contribution >= 4 is 35.2 Å². The Balaban J connectivity index is 2.14. The van der Waals surface area contributed by atoms with E-state index < -0.39 is 6.04 Å². The molecular weight excluding hydrogens is 444 g/mol. The number of hydrogen-bond donors (Lipinski definition) is 1. The zero-order chi connectivity index (χ0) is 23.5. The third-order valence-electron chi connectivity index (χ3n) is 4.94. The molecule has 0 saturated carbocycles. The Morgan fingerprint density at radius 1 is 1.12 bits per heavy atom. The van der Waals surface area contributed by atoms with Gasteiger partial charge in [0.25, 0.3) is 0 Å². The van der Waals surface area contributed by atoms with Crippen molar-refractivity contribution in [3.05, 3.63) is 64.7 Å². The maximum atomic E-state index is 13.3. The van der Waals surface area contributed by atoms with Crippen LogP contribution in [0.3, 0.4) is 0 Å². The molecule has 1 atom stereocenters. The molecule has 32 heavy (non-hydrogen) atoms. The molecule has 0 heterocycles. The van der Waals surface area contributed by atoms with E-state index in [-0.39, 0.29) is 17.6 Å². The van der Waals surface area contributed by atoms with Crippen LogP contribution in [0.2, 0.25) is 5.02 Å². The van der Waals surface area contributed by atoms with E-state index in [9.17, 15) is 9.59 Å². The summed E-state index contributed by atoms with van der Waals surface area (Å²) in [5.74, 6) is 1.85. The van der Waals surface area contributed by atoms with E-state index in [0.29, 0.717) is 36.2 Å². The summed E-state index contributed by atoms with van der Waals surface area (Å²) in [4.78, 5) is 27.9. The number of rotatable bonds is 12. The minimum absolute atomic E-state index is 0.0635. The number of carbonyl (C=O) groups is 2. The topological polar surface area (TPSA) is 58.6 Å². The van der Waals surface area contributed by atoms with Gasteiger partial charge in [-0.1, -0.05) is 56.6 Å². The predicted molar refractivity (Wildman–Crippen MR) is 133 cm³/mol. The smallest absolute Gasteiger partial charge is 0.242 e. The van der Waals surface area contributed by atoms with Gasteiger partial charge in [0, 0.05) is 23.9 Å². The van der Waals surface area contributed by atoms with E-state index in [4.69, 9.17) is 16.3 Å². The normalized spacial score (nSPS) is 11.8. The van der Waals surface area contributed by atoms with Gasteiger partial charge in [-0.25, -0.2) is 0 Å². The first-order valence-corrected chi connectivity index (χ1v) is 12.4. The standard InChI is InChI=1S/C25H33ClN2O3S/c1-5-23(25(30)27-14-18(2)3)28(15-19-8-7-11-22(13-19)31-4)24(29)17-32-16-20-9-6-10-21(26)12-20/h6-13,18,23H,5,14-17H2,1-4H3,(H,27,30)/t23-/m1/s1. The van der Waals surface area contributed by atoms with Gasteiger partial charge < -0.3 is 15.0 Å². The highest BCUT2D eigenvalue weighted by atomic mass is 35.5. The summed E-state index contributed by atoms with van der Waals surface area (Å²) < 4.78 is 5.32. The van der Waals surface area contributed by atoms with Crippen molar-refractivity contribution in [1.29, 1.82) is 0 Å². The number of carbonyl (C=O) groups excluding carboxylic acids is 2. The number of thioether (sulfide) groups is 1. The van der Waals surface area contributed by atoms with Crippen LogP contribution in [0.15, 0.2) is 48.5 Å². The van der Waals surface area contributed by atoms with Gasteiger partial charge in [-0.15, -0.1) is 11.8 Å². The molecule has 0 bridgehead atoms. The molecule has 0 radical (unpaired) electrons. The molecule has 0 fully saturated rings. The second-order valence-electron chi connectivity index (χ2n) is 8.06. The molecule has 0 aliphatic rings. The Bertz CT molecular complexity index is 891. The van der Waals surface area contributed by atoms with Crippen LogP contribution in [0.1, 0.15) is 38.3 Å². The minimum atomic E-state index is -0.528. The second-order valence-corrected chi connectivity index (χ2v) is 9.48. The van der Waals surface area contributed by atoms with E-state index in [0.717, 1.165) is 16.9 Å². The third-order valence-corrected chi connectivity index (χ3v) is 6.16. The van der Waals surface area contributed by atoms with Gasteiger partial charge in [-0.3, -0.25) is 9.59 Å². The molecule has 5 nitrogen and oxygen atoms in total. The number of ether oxygens (including phenoxy) is 1. The van der Waals surface area contributed by atoms with Crippen LogP contribution in [-0.4, -0.2) is 42.2 Å². The summed E-state index contributed by atoms with van der Waals surface area (Å²) in [6, 6.07) is 14.7. The lowest BCUT2D eigenvalue weighted by Gasteiger charge is -2.31. The first-order chi connectivity index (χ1) is 15.3. The van der Waals surface area contributed by atoms with Crippen molar-refractivity contribution < 1.29 is 14.3 Å². The minimum Gasteiger partial charge on any atom is -0.497 e. The van der Waals surface area contributed by atoms with Gasteiger partial charge in [-0.05, 0) is 47.7 Å². The Morgan fingerprint density at radius 2 is 1.84 bits per heavy atom. The Kier molecular flexibility index (Phi) is 10.9. The van der Waals surface area contributed by atoms with E-state index >= 15 is 0 Å². The maximum absolute atomic E-state index is 13.3. The van der Waals surface area contributed by atoms with Crippen molar-refractivity contribution in [3.63, 3.8) is 0 Å². The van der Waals surface area contributed by atoms with Gasteiger partial charge in [-0.2, -0.15) is 0 Å². The maximum Gasteiger partial charge on any atom is 0.242 e. The molecule has 0 aliphatic carbocycles. The van der Waals surface area contributed by atoms with Crippen LogP contribution in [0, 0.1) is 5.92 Å². The largest absolute Gasteiger partial charge is 0.497 e. The summed E-state index contributed by atoms with van der Waals surface area (Å²) in [5, 5.41) is 3.67. The summed E-state index contributed by atoms with van der Waals surface area (Å²) in [6.45, 7) is 6.96.